The van der Waals surface area contributed by atoms with E-state index in [0.29, 0.717) is 39.1 Å². The molecule has 0 saturated carbocycles. The third-order valence-electron chi connectivity index (χ3n) is 6.20. The number of imidazole rings is 1. The molecule has 0 radical (unpaired) electrons. The molecule has 0 atom stereocenters. The lowest BCUT2D eigenvalue weighted by Crippen LogP contribution is -2.40. The van der Waals surface area contributed by atoms with Crippen molar-refractivity contribution in [2.75, 3.05) is 26.3 Å². The van der Waals surface area contributed by atoms with Crippen LogP contribution in [0.1, 0.15) is 17.7 Å². The molecule has 4 aromatic rings. The van der Waals surface area contributed by atoms with E-state index in [-0.39, 0.29) is 5.91 Å². The van der Waals surface area contributed by atoms with Gasteiger partial charge in [-0.3, -0.25) is 4.79 Å². The zero-order valence-corrected chi connectivity index (χ0v) is 19.4. The van der Waals surface area contributed by atoms with Gasteiger partial charge >= 0.3 is 0 Å². The number of amides is 1. The predicted molar refractivity (Wildman–Crippen MR) is 132 cm³/mol. The summed E-state index contributed by atoms with van der Waals surface area (Å²) in [5.41, 5.74) is 7.24. The normalized spacial score (nSPS) is 14.1. The molecule has 2 aromatic heterocycles. The molecule has 0 N–H and O–H groups in total. The number of aryl methyl sites for hydroxylation is 2. The van der Waals surface area contributed by atoms with E-state index < -0.39 is 0 Å². The molecule has 5 rings (SSSR count). The Balaban J connectivity index is 1.55. The van der Waals surface area contributed by atoms with E-state index >= 15 is 0 Å². The van der Waals surface area contributed by atoms with Crippen LogP contribution in [0.5, 0.6) is 0 Å². The molecule has 1 aliphatic heterocycles. The summed E-state index contributed by atoms with van der Waals surface area (Å²) in [6, 6.07) is 20.3. The molecule has 1 amide bonds. The van der Waals surface area contributed by atoms with Crippen molar-refractivity contribution in [1.82, 2.24) is 14.3 Å². The first-order valence-corrected chi connectivity index (χ1v) is 11.7. The number of morpholine rings is 1. The number of carbonyl (C=O) groups excluding carboxylic acids is 1. The van der Waals surface area contributed by atoms with Gasteiger partial charge in [-0.1, -0.05) is 48.0 Å². The van der Waals surface area contributed by atoms with E-state index in [2.05, 4.69) is 41.8 Å². The van der Waals surface area contributed by atoms with Crippen LogP contribution in [0.15, 0.2) is 66.9 Å². The lowest BCUT2D eigenvalue weighted by atomic mass is 10.0. The highest BCUT2D eigenvalue weighted by molar-refractivity contribution is 6.30. The molecule has 0 spiro atoms. The summed E-state index contributed by atoms with van der Waals surface area (Å²) in [5, 5.41) is 0.730. The Kier molecular flexibility index (Phi) is 6.16. The quantitative estimate of drug-likeness (QED) is 0.400. The number of nitrogens with zero attached hydrogens (tertiary/aromatic N) is 3. The van der Waals surface area contributed by atoms with Crippen LogP contribution in [0.4, 0.5) is 0 Å². The third kappa shape index (κ3) is 4.52. The number of halogens is 1. The smallest absolute Gasteiger partial charge is 0.223 e. The van der Waals surface area contributed by atoms with Gasteiger partial charge in [-0.15, -0.1) is 0 Å². The molecule has 6 heteroatoms. The molecule has 0 bridgehead atoms. The third-order valence-corrected chi connectivity index (χ3v) is 6.44. The second-order valence-electron chi connectivity index (χ2n) is 8.37. The van der Waals surface area contributed by atoms with E-state index in [1.165, 1.54) is 0 Å². The summed E-state index contributed by atoms with van der Waals surface area (Å²) in [6.45, 7) is 4.62. The topological polar surface area (TPSA) is 46.8 Å². The molecule has 2 aromatic carbocycles. The lowest BCUT2D eigenvalue weighted by molar-refractivity contribution is -0.135. The summed E-state index contributed by atoms with van der Waals surface area (Å²) in [5.74, 6) is 0.164. The van der Waals surface area contributed by atoms with Crippen molar-refractivity contribution in [1.29, 1.82) is 0 Å². The van der Waals surface area contributed by atoms with E-state index in [1.54, 1.807) is 0 Å². The zero-order valence-electron chi connectivity index (χ0n) is 18.6. The van der Waals surface area contributed by atoms with Gasteiger partial charge in [0.25, 0.3) is 0 Å². The summed E-state index contributed by atoms with van der Waals surface area (Å²) in [7, 11) is 0. The Morgan fingerprint density at radius 1 is 1.03 bits per heavy atom. The monoisotopic (exact) mass is 459 g/mol. The van der Waals surface area contributed by atoms with Crippen molar-refractivity contribution < 1.29 is 9.53 Å². The summed E-state index contributed by atoms with van der Waals surface area (Å²) in [6.07, 6.45) is 3.18. The van der Waals surface area contributed by atoms with Crippen LogP contribution in [0.25, 0.3) is 28.0 Å². The zero-order chi connectivity index (χ0) is 22.8. The van der Waals surface area contributed by atoms with Crippen LogP contribution >= 0.6 is 11.6 Å². The van der Waals surface area contributed by atoms with E-state index in [9.17, 15) is 4.79 Å². The Bertz CT molecular complexity index is 1290. The van der Waals surface area contributed by atoms with Crippen molar-refractivity contribution in [3.63, 3.8) is 0 Å². The minimum absolute atomic E-state index is 0.164. The van der Waals surface area contributed by atoms with Crippen molar-refractivity contribution in [3.05, 3.63) is 83.1 Å². The maximum Gasteiger partial charge on any atom is 0.223 e. The van der Waals surface area contributed by atoms with Crippen LogP contribution in [0, 0.1) is 6.92 Å². The minimum atomic E-state index is 0.164. The van der Waals surface area contributed by atoms with Gasteiger partial charge in [0.05, 0.1) is 24.6 Å². The Hall–Kier alpha value is -3.15. The van der Waals surface area contributed by atoms with E-state index in [0.717, 1.165) is 44.3 Å². The first-order chi connectivity index (χ1) is 16.1. The Morgan fingerprint density at radius 3 is 2.58 bits per heavy atom. The highest BCUT2D eigenvalue weighted by Crippen LogP contribution is 2.30. The molecule has 0 unspecified atom stereocenters. The fourth-order valence-corrected chi connectivity index (χ4v) is 4.69. The largest absolute Gasteiger partial charge is 0.378 e. The van der Waals surface area contributed by atoms with Gasteiger partial charge in [0.15, 0.2) is 0 Å². The van der Waals surface area contributed by atoms with Crippen LogP contribution in [0.3, 0.4) is 0 Å². The molecule has 168 valence electrons. The molecule has 3 heterocycles. The van der Waals surface area contributed by atoms with Gasteiger partial charge in [0.2, 0.25) is 5.91 Å². The maximum atomic E-state index is 12.9. The number of fused-ring (bicyclic) bond motifs is 1. The van der Waals surface area contributed by atoms with Gasteiger partial charge in [-0.25, -0.2) is 4.98 Å². The fraction of sp³-hybridized carbons (Fsp3) is 0.259. The first-order valence-electron chi connectivity index (χ1n) is 11.3. The number of ether oxygens (including phenoxy) is 1. The highest BCUT2D eigenvalue weighted by atomic mass is 35.5. The van der Waals surface area contributed by atoms with Crippen molar-refractivity contribution >= 4 is 23.2 Å². The molecular formula is C27H26ClN3O2. The second kappa shape index (κ2) is 9.38. The summed E-state index contributed by atoms with van der Waals surface area (Å²) in [4.78, 5) is 19.7. The first kappa shape index (κ1) is 21.7. The molecule has 33 heavy (non-hydrogen) atoms. The predicted octanol–water partition coefficient (Wildman–Crippen LogP) is 5.42. The summed E-state index contributed by atoms with van der Waals surface area (Å²) >= 11 is 6.17. The number of carbonyl (C=O) groups is 1. The van der Waals surface area contributed by atoms with Crippen LogP contribution in [0.2, 0.25) is 5.02 Å². The lowest BCUT2D eigenvalue weighted by Gasteiger charge is -2.26. The number of hydrogen-bond acceptors (Lipinski definition) is 3. The van der Waals surface area contributed by atoms with Gasteiger partial charge in [0, 0.05) is 36.3 Å². The van der Waals surface area contributed by atoms with Gasteiger partial charge in [0.1, 0.15) is 5.65 Å². The molecular weight excluding hydrogens is 434 g/mol. The Labute approximate surface area is 198 Å². The molecule has 1 saturated heterocycles. The van der Waals surface area contributed by atoms with Gasteiger partial charge in [-0.05, 0) is 54.3 Å². The number of pyridine rings is 1. The molecule has 1 aliphatic rings. The van der Waals surface area contributed by atoms with Gasteiger partial charge < -0.3 is 14.0 Å². The van der Waals surface area contributed by atoms with Crippen LogP contribution < -0.4 is 0 Å². The average Bonchev–Trinajstić information content (AvgIpc) is 3.21. The van der Waals surface area contributed by atoms with Crippen molar-refractivity contribution in [2.24, 2.45) is 0 Å². The SMILES string of the molecule is Cc1cc(Cl)ccc1-c1ccc2nc(-c3ccccc3)c(CCC(=O)N3CCOCC3)n2c1. The number of aromatic nitrogens is 2. The highest BCUT2D eigenvalue weighted by Gasteiger charge is 2.20. The fourth-order valence-electron chi connectivity index (χ4n) is 4.47. The number of hydrogen-bond donors (Lipinski definition) is 0. The molecule has 5 nitrogen and oxygen atoms in total. The summed E-state index contributed by atoms with van der Waals surface area (Å²) < 4.78 is 7.53. The minimum Gasteiger partial charge on any atom is -0.378 e. The molecule has 1 fully saturated rings. The maximum absolute atomic E-state index is 12.9. The van der Waals surface area contributed by atoms with Crippen LogP contribution in [-0.2, 0) is 16.0 Å². The molecule has 0 aliphatic carbocycles. The van der Waals surface area contributed by atoms with Gasteiger partial charge in [-0.2, -0.15) is 0 Å². The van der Waals surface area contributed by atoms with Crippen LogP contribution in [-0.4, -0.2) is 46.5 Å². The average molecular weight is 460 g/mol. The van der Waals surface area contributed by atoms with Crippen molar-refractivity contribution in [2.45, 2.75) is 19.8 Å². The van der Waals surface area contributed by atoms with Crippen molar-refractivity contribution in [3.8, 4) is 22.4 Å². The standard InChI is InChI=1S/C27H26ClN3O2/c1-19-17-22(28)8-9-23(19)21-7-11-25-29-27(20-5-3-2-4-6-20)24(31(25)18-21)10-12-26(32)30-13-15-33-16-14-30/h2-9,11,17-18H,10,12-16H2,1H3. The number of rotatable bonds is 5. The number of benzene rings is 2. The van der Waals surface area contributed by atoms with E-state index in [1.807, 2.05) is 41.3 Å². The Morgan fingerprint density at radius 2 is 1.82 bits per heavy atom. The second-order valence-corrected chi connectivity index (χ2v) is 8.81. The van der Waals surface area contributed by atoms with E-state index in [4.69, 9.17) is 21.3 Å².